The lowest BCUT2D eigenvalue weighted by molar-refractivity contribution is -0.0305. The second-order valence-corrected chi connectivity index (χ2v) is 3.59. The molecule has 9 nitrogen and oxygen atoms in total. The van der Waals surface area contributed by atoms with Crippen molar-refractivity contribution in [2.24, 2.45) is 0 Å². The van der Waals surface area contributed by atoms with Gasteiger partial charge in [-0.15, -0.1) is 5.10 Å². The third kappa shape index (κ3) is 2.26. The molecule has 1 aliphatic rings. The SMILES string of the molecule is O=C(NC1O[C@H](CO)[C@@H](O)[C@H]1O)c1c[nH]nn1. The Morgan fingerprint density at radius 3 is 2.82 bits per heavy atom. The highest BCUT2D eigenvalue weighted by Gasteiger charge is 2.43. The van der Waals surface area contributed by atoms with Crippen molar-refractivity contribution in [2.75, 3.05) is 6.61 Å². The summed E-state index contributed by atoms with van der Waals surface area (Å²) in [7, 11) is 0. The second-order valence-electron chi connectivity index (χ2n) is 3.59. The number of nitrogens with zero attached hydrogens (tertiary/aromatic N) is 2. The monoisotopic (exact) mass is 244 g/mol. The number of H-pyrrole nitrogens is 1. The highest BCUT2D eigenvalue weighted by molar-refractivity contribution is 5.91. The van der Waals surface area contributed by atoms with Crippen LogP contribution in [0.4, 0.5) is 0 Å². The van der Waals surface area contributed by atoms with E-state index in [1.54, 1.807) is 0 Å². The summed E-state index contributed by atoms with van der Waals surface area (Å²) < 4.78 is 5.06. The van der Waals surface area contributed by atoms with E-state index < -0.39 is 37.1 Å². The topological polar surface area (TPSA) is 141 Å². The average Bonchev–Trinajstić information content (AvgIpc) is 2.93. The summed E-state index contributed by atoms with van der Waals surface area (Å²) in [6, 6.07) is 0. The Morgan fingerprint density at radius 1 is 1.53 bits per heavy atom. The van der Waals surface area contributed by atoms with Crippen LogP contribution in [0.25, 0.3) is 0 Å². The summed E-state index contributed by atoms with van der Waals surface area (Å²) in [6.07, 6.45) is -3.29. The van der Waals surface area contributed by atoms with Gasteiger partial charge in [0.2, 0.25) is 0 Å². The van der Waals surface area contributed by atoms with E-state index in [0.717, 1.165) is 0 Å². The smallest absolute Gasteiger partial charge is 0.275 e. The van der Waals surface area contributed by atoms with Crippen molar-refractivity contribution in [3.8, 4) is 0 Å². The van der Waals surface area contributed by atoms with E-state index in [9.17, 15) is 15.0 Å². The molecule has 1 aromatic heterocycles. The fourth-order valence-electron chi connectivity index (χ4n) is 1.53. The van der Waals surface area contributed by atoms with Crippen molar-refractivity contribution in [3.05, 3.63) is 11.9 Å². The molecule has 5 N–H and O–H groups in total. The molecule has 0 spiro atoms. The van der Waals surface area contributed by atoms with Crippen LogP contribution in [0.2, 0.25) is 0 Å². The molecule has 1 saturated heterocycles. The van der Waals surface area contributed by atoms with Gasteiger partial charge in [-0.05, 0) is 0 Å². The Labute approximate surface area is 95.4 Å². The minimum Gasteiger partial charge on any atom is -0.394 e. The number of aliphatic hydroxyl groups excluding tert-OH is 3. The van der Waals surface area contributed by atoms with Gasteiger partial charge in [-0.25, -0.2) is 0 Å². The quantitative estimate of drug-likeness (QED) is 0.381. The largest absolute Gasteiger partial charge is 0.394 e. The maximum Gasteiger partial charge on any atom is 0.275 e. The zero-order valence-electron chi connectivity index (χ0n) is 8.65. The Morgan fingerprint density at radius 2 is 2.29 bits per heavy atom. The first-order valence-corrected chi connectivity index (χ1v) is 4.93. The lowest BCUT2D eigenvalue weighted by Gasteiger charge is -2.15. The summed E-state index contributed by atoms with van der Waals surface area (Å²) in [4.78, 5) is 11.5. The van der Waals surface area contributed by atoms with Crippen molar-refractivity contribution in [3.63, 3.8) is 0 Å². The molecule has 2 rings (SSSR count). The zero-order chi connectivity index (χ0) is 12.4. The van der Waals surface area contributed by atoms with Crippen LogP contribution in [0.3, 0.4) is 0 Å². The summed E-state index contributed by atoms with van der Waals surface area (Å²) >= 11 is 0. The van der Waals surface area contributed by atoms with Crippen LogP contribution in [-0.4, -0.2) is 67.8 Å². The molecule has 0 bridgehead atoms. The molecule has 0 aliphatic carbocycles. The summed E-state index contributed by atoms with van der Waals surface area (Å²) in [6.45, 7) is -0.450. The van der Waals surface area contributed by atoms with Crippen molar-refractivity contribution >= 4 is 5.91 Å². The Balaban J connectivity index is 1.98. The number of rotatable bonds is 3. The first kappa shape index (κ1) is 11.9. The standard InChI is InChI=1S/C8H12N4O5/c13-2-4-5(14)6(15)8(17-4)10-7(16)3-1-9-12-11-3/h1,4-6,8,13-15H,2H2,(H,10,16)(H,9,11,12)/t4-,5-,6-,8?/m1/s1. The van der Waals surface area contributed by atoms with E-state index in [-0.39, 0.29) is 5.69 Å². The van der Waals surface area contributed by atoms with E-state index in [4.69, 9.17) is 9.84 Å². The van der Waals surface area contributed by atoms with E-state index in [0.29, 0.717) is 0 Å². The molecule has 1 amide bonds. The van der Waals surface area contributed by atoms with E-state index in [2.05, 4.69) is 20.7 Å². The number of hydrogen-bond acceptors (Lipinski definition) is 7. The summed E-state index contributed by atoms with van der Waals surface area (Å²) in [5, 5.41) is 39.4. The molecule has 1 unspecified atom stereocenters. The fraction of sp³-hybridized carbons (Fsp3) is 0.625. The molecule has 0 aromatic carbocycles. The first-order chi connectivity index (χ1) is 8.13. The number of aromatic nitrogens is 3. The highest BCUT2D eigenvalue weighted by atomic mass is 16.6. The Bertz CT molecular complexity index is 383. The molecule has 17 heavy (non-hydrogen) atoms. The van der Waals surface area contributed by atoms with Gasteiger partial charge in [-0.2, -0.15) is 0 Å². The molecule has 1 aromatic rings. The minimum absolute atomic E-state index is 0.0303. The lowest BCUT2D eigenvalue weighted by atomic mass is 10.1. The maximum absolute atomic E-state index is 11.5. The third-order valence-electron chi connectivity index (χ3n) is 2.47. The van der Waals surface area contributed by atoms with Crippen molar-refractivity contribution in [2.45, 2.75) is 24.5 Å². The van der Waals surface area contributed by atoms with E-state index in [1.807, 2.05) is 0 Å². The molecule has 94 valence electrons. The molecule has 0 saturated carbocycles. The van der Waals surface area contributed by atoms with E-state index in [1.165, 1.54) is 6.20 Å². The number of carbonyl (C=O) groups excluding carboxylic acids is 1. The van der Waals surface area contributed by atoms with Crippen LogP contribution < -0.4 is 5.32 Å². The van der Waals surface area contributed by atoms with Gasteiger partial charge in [0, 0.05) is 0 Å². The predicted octanol–water partition coefficient (Wildman–Crippen LogP) is -3.03. The summed E-state index contributed by atoms with van der Waals surface area (Å²) in [5.74, 6) is -0.603. The number of carbonyl (C=O) groups is 1. The van der Waals surface area contributed by atoms with Crippen LogP contribution >= 0.6 is 0 Å². The van der Waals surface area contributed by atoms with Crippen LogP contribution in [0.5, 0.6) is 0 Å². The van der Waals surface area contributed by atoms with Gasteiger partial charge in [0.25, 0.3) is 5.91 Å². The molecule has 9 heteroatoms. The van der Waals surface area contributed by atoms with Crippen LogP contribution in [0.1, 0.15) is 10.5 Å². The van der Waals surface area contributed by atoms with Crippen LogP contribution in [0, 0.1) is 0 Å². The van der Waals surface area contributed by atoms with Crippen molar-refractivity contribution < 1.29 is 24.9 Å². The lowest BCUT2D eigenvalue weighted by Crippen LogP contribution is -2.43. The average molecular weight is 244 g/mol. The molecule has 0 radical (unpaired) electrons. The fourth-order valence-corrected chi connectivity index (χ4v) is 1.53. The highest BCUT2D eigenvalue weighted by Crippen LogP contribution is 2.19. The number of aliphatic hydroxyl groups is 3. The minimum atomic E-state index is -1.30. The van der Waals surface area contributed by atoms with Crippen LogP contribution in [-0.2, 0) is 4.74 Å². The molecule has 1 fully saturated rings. The molecular formula is C8H12N4O5. The Hall–Kier alpha value is -1.55. The second kappa shape index (κ2) is 4.75. The van der Waals surface area contributed by atoms with Gasteiger partial charge in [-0.3, -0.25) is 9.89 Å². The van der Waals surface area contributed by atoms with Gasteiger partial charge in [0.1, 0.15) is 18.3 Å². The van der Waals surface area contributed by atoms with Gasteiger partial charge in [0.15, 0.2) is 11.9 Å². The number of ether oxygens (including phenoxy) is 1. The zero-order valence-corrected chi connectivity index (χ0v) is 8.65. The summed E-state index contributed by atoms with van der Waals surface area (Å²) in [5.41, 5.74) is 0.0303. The molecule has 4 atom stereocenters. The van der Waals surface area contributed by atoms with Gasteiger partial charge in [-0.1, -0.05) is 5.21 Å². The molecule has 2 heterocycles. The Kier molecular flexibility index (Phi) is 3.33. The first-order valence-electron chi connectivity index (χ1n) is 4.93. The molecular weight excluding hydrogens is 232 g/mol. The van der Waals surface area contributed by atoms with Crippen LogP contribution in [0.15, 0.2) is 6.20 Å². The normalized spacial score (nSPS) is 32.6. The predicted molar refractivity (Wildman–Crippen MR) is 51.6 cm³/mol. The number of amides is 1. The van der Waals surface area contributed by atoms with E-state index >= 15 is 0 Å². The van der Waals surface area contributed by atoms with Crippen molar-refractivity contribution in [1.29, 1.82) is 0 Å². The number of nitrogens with one attached hydrogen (secondary N) is 2. The third-order valence-corrected chi connectivity index (χ3v) is 2.47. The maximum atomic E-state index is 11.5. The van der Waals surface area contributed by atoms with Gasteiger partial charge < -0.3 is 25.4 Å². The van der Waals surface area contributed by atoms with Crippen molar-refractivity contribution in [1.82, 2.24) is 20.7 Å². The van der Waals surface area contributed by atoms with Gasteiger partial charge in [0.05, 0.1) is 12.8 Å². The van der Waals surface area contributed by atoms with Gasteiger partial charge >= 0.3 is 0 Å². The number of aromatic amines is 1. The molecule has 1 aliphatic heterocycles. The number of hydrogen-bond donors (Lipinski definition) is 5.